The van der Waals surface area contributed by atoms with Crippen LogP contribution in [0.25, 0.3) is 0 Å². The second-order valence-electron chi connectivity index (χ2n) is 5.25. The minimum Gasteiger partial charge on any atom is -0.334 e. The topological polar surface area (TPSA) is 32.3 Å². The summed E-state index contributed by atoms with van der Waals surface area (Å²) in [6.07, 6.45) is 2.05. The predicted octanol–water partition coefficient (Wildman–Crippen LogP) is 1.79. The van der Waals surface area contributed by atoms with E-state index in [-0.39, 0.29) is 17.5 Å². The third-order valence-corrected chi connectivity index (χ3v) is 4.10. The van der Waals surface area contributed by atoms with Gasteiger partial charge >= 0.3 is 0 Å². The standard InChI is InChI=1S/C14H16F2N2O/c15-10-3-4-11(12(16)6-10)14(19)18-5-1-2-9-7-17-8-13(9)18/h3-4,6,9,13,17H,1-2,5,7-8H2. The molecule has 102 valence electrons. The minimum absolute atomic E-state index is 0.0334. The van der Waals surface area contributed by atoms with Crippen LogP contribution in [0.2, 0.25) is 0 Å². The molecule has 0 saturated carbocycles. The Balaban J connectivity index is 1.86. The van der Waals surface area contributed by atoms with Gasteiger partial charge in [0.2, 0.25) is 0 Å². The van der Waals surface area contributed by atoms with Crippen LogP contribution in [0.1, 0.15) is 23.2 Å². The molecule has 2 aliphatic rings. The number of nitrogens with zero attached hydrogens (tertiary/aromatic N) is 1. The smallest absolute Gasteiger partial charge is 0.257 e. The van der Waals surface area contributed by atoms with E-state index in [4.69, 9.17) is 0 Å². The minimum atomic E-state index is -0.780. The van der Waals surface area contributed by atoms with Crippen LogP contribution in [0.3, 0.4) is 0 Å². The molecule has 2 saturated heterocycles. The van der Waals surface area contributed by atoms with E-state index in [0.717, 1.165) is 38.1 Å². The molecule has 0 bridgehead atoms. The van der Waals surface area contributed by atoms with Gasteiger partial charge in [-0.2, -0.15) is 0 Å². The monoisotopic (exact) mass is 266 g/mol. The number of likely N-dealkylation sites (tertiary alicyclic amines) is 1. The first-order valence-corrected chi connectivity index (χ1v) is 6.63. The molecular weight excluding hydrogens is 250 g/mol. The number of piperidine rings is 1. The van der Waals surface area contributed by atoms with Gasteiger partial charge in [0.1, 0.15) is 11.6 Å². The normalized spacial score (nSPS) is 26.3. The molecule has 1 aromatic rings. The Bertz CT molecular complexity index is 506. The van der Waals surface area contributed by atoms with E-state index in [1.807, 2.05) is 0 Å². The van der Waals surface area contributed by atoms with Crippen LogP contribution in [0.5, 0.6) is 0 Å². The van der Waals surface area contributed by atoms with Gasteiger partial charge in [-0.1, -0.05) is 0 Å². The zero-order valence-electron chi connectivity index (χ0n) is 10.5. The van der Waals surface area contributed by atoms with Gasteiger partial charge in [-0.25, -0.2) is 8.78 Å². The lowest BCUT2D eigenvalue weighted by molar-refractivity contribution is 0.0570. The Morgan fingerprint density at radius 2 is 2.16 bits per heavy atom. The molecule has 2 unspecified atom stereocenters. The van der Waals surface area contributed by atoms with Crippen LogP contribution >= 0.6 is 0 Å². The molecule has 0 spiro atoms. The van der Waals surface area contributed by atoms with Gasteiger partial charge in [0.25, 0.3) is 5.91 Å². The number of amides is 1. The van der Waals surface area contributed by atoms with Crippen LogP contribution < -0.4 is 5.32 Å². The number of fused-ring (bicyclic) bond motifs is 1. The molecule has 5 heteroatoms. The number of hydrogen-bond acceptors (Lipinski definition) is 2. The van der Waals surface area contributed by atoms with E-state index in [1.54, 1.807) is 4.90 Å². The first-order valence-electron chi connectivity index (χ1n) is 6.63. The summed E-state index contributed by atoms with van der Waals surface area (Å²) in [6, 6.07) is 3.27. The third-order valence-electron chi connectivity index (χ3n) is 4.10. The van der Waals surface area contributed by atoms with Crippen LogP contribution in [0.15, 0.2) is 18.2 Å². The lowest BCUT2D eigenvalue weighted by atomic mass is 9.91. The van der Waals surface area contributed by atoms with Crippen molar-refractivity contribution >= 4 is 5.91 Å². The van der Waals surface area contributed by atoms with Crippen LogP contribution in [-0.4, -0.2) is 36.5 Å². The molecular formula is C14H16F2N2O. The number of carbonyl (C=O) groups excluding carboxylic acids is 1. The van der Waals surface area contributed by atoms with Crippen molar-refractivity contribution in [3.8, 4) is 0 Å². The zero-order chi connectivity index (χ0) is 13.4. The highest BCUT2D eigenvalue weighted by atomic mass is 19.1. The Labute approximate surface area is 110 Å². The van der Waals surface area contributed by atoms with Gasteiger partial charge in [-0.05, 0) is 30.9 Å². The fourth-order valence-electron chi connectivity index (χ4n) is 3.14. The molecule has 2 heterocycles. The van der Waals surface area contributed by atoms with Gasteiger partial charge < -0.3 is 10.2 Å². The lowest BCUT2D eigenvalue weighted by Crippen LogP contribution is -2.48. The van der Waals surface area contributed by atoms with Gasteiger partial charge in [-0.15, -0.1) is 0 Å². The van der Waals surface area contributed by atoms with Crippen molar-refractivity contribution in [2.24, 2.45) is 5.92 Å². The summed E-state index contributed by atoms with van der Waals surface area (Å²) in [4.78, 5) is 14.2. The van der Waals surface area contributed by atoms with Crippen molar-refractivity contribution in [3.63, 3.8) is 0 Å². The van der Waals surface area contributed by atoms with Gasteiger partial charge in [0.05, 0.1) is 5.56 Å². The molecule has 0 aliphatic carbocycles. The van der Waals surface area contributed by atoms with Crippen LogP contribution in [0, 0.1) is 17.6 Å². The number of halogens is 2. The molecule has 1 N–H and O–H groups in total. The van der Waals surface area contributed by atoms with E-state index in [0.29, 0.717) is 12.5 Å². The van der Waals surface area contributed by atoms with Crippen molar-refractivity contribution in [2.45, 2.75) is 18.9 Å². The molecule has 2 fully saturated rings. The molecule has 1 amide bonds. The third kappa shape index (κ3) is 2.23. The summed E-state index contributed by atoms with van der Waals surface area (Å²) >= 11 is 0. The second-order valence-corrected chi connectivity index (χ2v) is 5.25. The largest absolute Gasteiger partial charge is 0.334 e. The summed E-state index contributed by atoms with van der Waals surface area (Å²) < 4.78 is 26.6. The number of carbonyl (C=O) groups is 1. The van der Waals surface area contributed by atoms with E-state index >= 15 is 0 Å². The van der Waals surface area contributed by atoms with Crippen molar-refractivity contribution in [1.82, 2.24) is 10.2 Å². The second kappa shape index (κ2) is 4.89. The van der Waals surface area contributed by atoms with E-state index in [1.165, 1.54) is 6.07 Å². The number of nitrogens with one attached hydrogen (secondary N) is 1. The Morgan fingerprint density at radius 3 is 2.95 bits per heavy atom. The maximum Gasteiger partial charge on any atom is 0.257 e. The SMILES string of the molecule is O=C(c1ccc(F)cc1F)N1CCCC2CNCC21. The molecule has 0 aromatic heterocycles. The maximum atomic E-state index is 13.7. The molecule has 3 rings (SSSR count). The van der Waals surface area contributed by atoms with E-state index < -0.39 is 11.6 Å². The number of hydrogen-bond donors (Lipinski definition) is 1. The molecule has 19 heavy (non-hydrogen) atoms. The van der Waals surface area contributed by atoms with Gasteiger partial charge in [0.15, 0.2) is 0 Å². The summed E-state index contributed by atoms with van der Waals surface area (Å²) in [7, 11) is 0. The highest BCUT2D eigenvalue weighted by molar-refractivity contribution is 5.94. The van der Waals surface area contributed by atoms with Crippen molar-refractivity contribution in [1.29, 1.82) is 0 Å². The van der Waals surface area contributed by atoms with E-state index in [9.17, 15) is 13.6 Å². The quantitative estimate of drug-likeness (QED) is 0.840. The molecule has 2 atom stereocenters. The number of benzene rings is 1. The zero-order valence-corrected chi connectivity index (χ0v) is 10.5. The fourth-order valence-corrected chi connectivity index (χ4v) is 3.14. The summed E-state index contributed by atoms with van der Waals surface area (Å²) in [5.74, 6) is -1.30. The molecule has 3 nitrogen and oxygen atoms in total. The van der Waals surface area contributed by atoms with E-state index in [2.05, 4.69) is 5.32 Å². The first-order chi connectivity index (χ1) is 9.16. The lowest BCUT2D eigenvalue weighted by Gasteiger charge is -2.37. The highest BCUT2D eigenvalue weighted by Crippen LogP contribution is 2.28. The Morgan fingerprint density at radius 1 is 1.32 bits per heavy atom. The van der Waals surface area contributed by atoms with Crippen molar-refractivity contribution in [3.05, 3.63) is 35.4 Å². The predicted molar refractivity (Wildman–Crippen MR) is 66.8 cm³/mol. The molecule has 0 radical (unpaired) electrons. The van der Waals surface area contributed by atoms with Crippen molar-refractivity contribution < 1.29 is 13.6 Å². The Hall–Kier alpha value is -1.49. The maximum absolute atomic E-state index is 13.7. The summed E-state index contributed by atoms with van der Waals surface area (Å²) in [5.41, 5.74) is -0.0334. The van der Waals surface area contributed by atoms with Crippen LogP contribution in [0.4, 0.5) is 8.78 Å². The summed E-state index contributed by atoms with van der Waals surface area (Å²) in [5, 5.41) is 3.28. The molecule has 1 aromatic carbocycles. The van der Waals surface area contributed by atoms with Crippen molar-refractivity contribution in [2.75, 3.05) is 19.6 Å². The molecule has 2 aliphatic heterocycles. The Kier molecular flexibility index (Phi) is 3.22. The average molecular weight is 266 g/mol. The van der Waals surface area contributed by atoms with Gasteiger partial charge in [-0.3, -0.25) is 4.79 Å². The van der Waals surface area contributed by atoms with Gasteiger partial charge in [0, 0.05) is 31.7 Å². The fraction of sp³-hybridized carbons (Fsp3) is 0.500. The highest BCUT2D eigenvalue weighted by Gasteiger charge is 2.38. The number of rotatable bonds is 1. The summed E-state index contributed by atoms with van der Waals surface area (Å²) in [6.45, 7) is 2.33. The average Bonchev–Trinajstić information content (AvgIpc) is 2.86. The van der Waals surface area contributed by atoms with Crippen LogP contribution in [-0.2, 0) is 0 Å². The first kappa shape index (κ1) is 12.5.